The van der Waals surface area contributed by atoms with Crippen LogP contribution in [-0.2, 0) is 9.31 Å². The standard InChI is InChI=1S/C17H29BN2O2/c1-12-15(18-21-16(3,4)17(5,6)22-18)13(2)20(19-12)14-10-8-7-9-11-14/h14H,7-11H2,1-6H3. The van der Waals surface area contributed by atoms with Crippen LogP contribution in [0.3, 0.4) is 0 Å². The van der Waals surface area contributed by atoms with Crippen molar-refractivity contribution in [2.75, 3.05) is 0 Å². The fraction of sp³-hybridized carbons (Fsp3) is 0.824. The summed E-state index contributed by atoms with van der Waals surface area (Å²) in [6.45, 7) is 12.6. The number of nitrogens with zero attached hydrogens (tertiary/aromatic N) is 2. The fourth-order valence-corrected chi connectivity index (χ4v) is 3.66. The van der Waals surface area contributed by atoms with Gasteiger partial charge < -0.3 is 9.31 Å². The number of hydrogen-bond acceptors (Lipinski definition) is 3. The zero-order valence-corrected chi connectivity index (χ0v) is 14.9. The fourth-order valence-electron chi connectivity index (χ4n) is 3.66. The molecule has 0 amide bonds. The Hall–Kier alpha value is -0.805. The van der Waals surface area contributed by atoms with E-state index in [0.29, 0.717) is 6.04 Å². The van der Waals surface area contributed by atoms with E-state index >= 15 is 0 Å². The second-order valence-electron chi connectivity index (χ2n) is 7.91. The molecule has 1 saturated carbocycles. The molecular formula is C17H29BN2O2. The molecule has 122 valence electrons. The molecule has 1 aromatic rings. The number of rotatable bonds is 2. The molecule has 5 heteroatoms. The molecule has 0 aromatic carbocycles. The van der Waals surface area contributed by atoms with Crippen molar-refractivity contribution in [3.8, 4) is 0 Å². The van der Waals surface area contributed by atoms with E-state index in [9.17, 15) is 0 Å². The molecule has 1 aromatic heterocycles. The molecule has 1 aliphatic carbocycles. The highest BCUT2D eigenvalue weighted by Crippen LogP contribution is 2.37. The van der Waals surface area contributed by atoms with Crippen molar-refractivity contribution < 1.29 is 9.31 Å². The monoisotopic (exact) mass is 304 g/mol. The van der Waals surface area contributed by atoms with Gasteiger partial charge in [-0.2, -0.15) is 5.10 Å². The van der Waals surface area contributed by atoms with Gasteiger partial charge >= 0.3 is 7.12 Å². The third-order valence-corrected chi connectivity index (χ3v) is 5.79. The highest BCUT2D eigenvalue weighted by molar-refractivity contribution is 6.63. The Morgan fingerprint density at radius 1 is 1.00 bits per heavy atom. The van der Waals surface area contributed by atoms with Crippen LogP contribution in [0, 0.1) is 13.8 Å². The lowest BCUT2D eigenvalue weighted by Gasteiger charge is -2.32. The van der Waals surface area contributed by atoms with Crippen LogP contribution >= 0.6 is 0 Å². The lowest BCUT2D eigenvalue weighted by atomic mass is 9.77. The van der Waals surface area contributed by atoms with Crippen molar-refractivity contribution in [1.82, 2.24) is 9.78 Å². The maximum Gasteiger partial charge on any atom is 0.498 e. The van der Waals surface area contributed by atoms with Gasteiger partial charge in [-0.3, -0.25) is 4.68 Å². The minimum Gasteiger partial charge on any atom is -0.399 e. The molecule has 4 nitrogen and oxygen atoms in total. The van der Waals surface area contributed by atoms with Crippen LogP contribution in [0.15, 0.2) is 0 Å². The highest BCUT2D eigenvalue weighted by atomic mass is 16.7. The van der Waals surface area contributed by atoms with Gasteiger partial charge in [-0.1, -0.05) is 19.3 Å². The van der Waals surface area contributed by atoms with Gasteiger partial charge in [0.2, 0.25) is 0 Å². The molecule has 22 heavy (non-hydrogen) atoms. The third-order valence-electron chi connectivity index (χ3n) is 5.79. The predicted octanol–water partition coefficient (Wildman–Crippen LogP) is 3.30. The summed E-state index contributed by atoms with van der Waals surface area (Å²) in [5, 5.41) is 4.83. The third kappa shape index (κ3) is 2.52. The van der Waals surface area contributed by atoms with Crippen LogP contribution in [0.4, 0.5) is 0 Å². The first kappa shape index (κ1) is 16.1. The Morgan fingerprint density at radius 2 is 1.55 bits per heavy atom. The van der Waals surface area contributed by atoms with E-state index in [1.54, 1.807) is 0 Å². The molecule has 3 rings (SSSR count). The molecule has 0 unspecified atom stereocenters. The Morgan fingerprint density at radius 3 is 2.09 bits per heavy atom. The van der Waals surface area contributed by atoms with Crippen LogP contribution in [0.25, 0.3) is 0 Å². The second kappa shape index (κ2) is 5.38. The molecule has 0 atom stereocenters. The highest BCUT2D eigenvalue weighted by Gasteiger charge is 2.53. The van der Waals surface area contributed by atoms with Crippen LogP contribution < -0.4 is 5.46 Å². The molecule has 2 fully saturated rings. The van der Waals surface area contributed by atoms with Gasteiger partial charge in [0.1, 0.15) is 0 Å². The minimum atomic E-state index is -0.303. The Labute approximate surface area is 134 Å². The van der Waals surface area contributed by atoms with Crippen LogP contribution in [-0.4, -0.2) is 28.1 Å². The smallest absolute Gasteiger partial charge is 0.399 e. The van der Waals surface area contributed by atoms with E-state index in [0.717, 1.165) is 11.2 Å². The quantitative estimate of drug-likeness (QED) is 0.787. The zero-order valence-electron chi connectivity index (χ0n) is 14.9. The first-order valence-corrected chi connectivity index (χ1v) is 8.64. The summed E-state index contributed by atoms with van der Waals surface area (Å²) >= 11 is 0. The zero-order chi connectivity index (χ0) is 16.1. The largest absolute Gasteiger partial charge is 0.498 e. The molecule has 1 saturated heterocycles. The van der Waals surface area contributed by atoms with Gasteiger partial charge in [-0.25, -0.2) is 0 Å². The second-order valence-corrected chi connectivity index (χ2v) is 7.91. The maximum atomic E-state index is 6.24. The summed E-state index contributed by atoms with van der Waals surface area (Å²) in [6, 6.07) is 0.545. The lowest BCUT2D eigenvalue weighted by Crippen LogP contribution is -2.41. The van der Waals surface area contributed by atoms with E-state index in [2.05, 4.69) is 46.2 Å². The number of aryl methyl sites for hydroxylation is 1. The van der Waals surface area contributed by atoms with E-state index in [1.165, 1.54) is 37.8 Å². The van der Waals surface area contributed by atoms with Gasteiger partial charge in [-0.05, 0) is 54.4 Å². The molecule has 0 N–H and O–H groups in total. The normalized spacial score (nSPS) is 24.9. The van der Waals surface area contributed by atoms with Crippen LogP contribution in [0.5, 0.6) is 0 Å². The Balaban J connectivity index is 1.91. The Bertz CT molecular complexity index is 543. The van der Waals surface area contributed by atoms with E-state index in [-0.39, 0.29) is 18.3 Å². The molecule has 0 spiro atoms. The van der Waals surface area contributed by atoms with Crippen molar-refractivity contribution in [3.63, 3.8) is 0 Å². The lowest BCUT2D eigenvalue weighted by molar-refractivity contribution is 0.00578. The number of aromatic nitrogens is 2. The molecular weight excluding hydrogens is 275 g/mol. The summed E-state index contributed by atoms with van der Waals surface area (Å²) in [7, 11) is -0.303. The van der Waals surface area contributed by atoms with Crippen molar-refractivity contribution in [2.45, 2.75) is 90.9 Å². The maximum absolute atomic E-state index is 6.24. The van der Waals surface area contributed by atoms with Crippen molar-refractivity contribution in [1.29, 1.82) is 0 Å². The van der Waals surface area contributed by atoms with Gasteiger partial charge in [0.15, 0.2) is 0 Å². The van der Waals surface area contributed by atoms with Gasteiger partial charge in [-0.15, -0.1) is 0 Å². The predicted molar refractivity (Wildman–Crippen MR) is 89.5 cm³/mol. The summed E-state index contributed by atoms with van der Waals surface area (Å²) in [5.74, 6) is 0. The van der Waals surface area contributed by atoms with Gasteiger partial charge in [0, 0.05) is 11.2 Å². The van der Waals surface area contributed by atoms with E-state index in [4.69, 9.17) is 14.4 Å². The summed E-state index contributed by atoms with van der Waals surface area (Å²) in [5.41, 5.74) is 2.78. The Kier molecular flexibility index (Phi) is 3.93. The van der Waals surface area contributed by atoms with Crippen LogP contribution in [0.2, 0.25) is 0 Å². The molecule has 0 radical (unpaired) electrons. The van der Waals surface area contributed by atoms with Gasteiger partial charge in [0.05, 0.1) is 22.9 Å². The van der Waals surface area contributed by atoms with E-state index < -0.39 is 0 Å². The SMILES string of the molecule is Cc1nn(C2CCCCC2)c(C)c1B1OC(C)(C)C(C)(C)O1. The first-order chi connectivity index (χ1) is 10.2. The van der Waals surface area contributed by atoms with Crippen molar-refractivity contribution in [2.24, 2.45) is 0 Å². The minimum absolute atomic E-state index is 0.302. The number of hydrogen-bond donors (Lipinski definition) is 0. The van der Waals surface area contributed by atoms with E-state index in [1.807, 2.05) is 0 Å². The van der Waals surface area contributed by atoms with Crippen molar-refractivity contribution >= 4 is 12.6 Å². The molecule has 2 heterocycles. The first-order valence-electron chi connectivity index (χ1n) is 8.64. The van der Waals surface area contributed by atoms with Crippen molar-refractivity contribution in [3.05, 3.63) is 11.4 Å². The molecule has 2 aliphatic rings. The summed E-state index contributed by atoms with van der Waals surface area (Å²) in [4.78, 5) is 0. The van der Waals surface area contributed by atoms with Crippen LogP contribution in [0.1, 0.15) is 77.2 Å². The average Bonchev–Trinajstić information content (AvgIpc) is 2.84. The van der Waals surface area contributed by atoms with Gasteiger partial charge in [0.25, 0.3) is 0 Å². The molecule has 0 bridgehead atoms. The average molecular weight is 304 g/mol. The summed E-state index contributed by atoms with van der Waals surface area (Å²) < 4.78 is 14.7. The summed E-state index contributed by atoms with van der Waals surface area (Å²) in [6.07, 6.45) is 6.47. The topological polar surface area (TPSA) is 36.3 Å². The molecule has 1 aliphatic heterocycles.